The van der Waals surface area contributed by atoms with Gasteiger partial charge in [-0.1, -0.05) is 6.07 Å². The number of piperidine rings is 1. The lowest BCUT2D eigenvalue weighted by Gasteiger charge is -2.34. The summed E-state index contributed by atoms with van der Waals surface area (Å²) < 4.78 is 0. The van der Waals surface area contributed by atoms with Crippen molar-refractivity contribution in [1.29, 1.82) is 0 Å². The fourth-order valence-electron chi connectivity index (χ4n) is 3.47. The van der Waals surface area contributed by atoms with Crippen molar-refractivity contribution < 1.29 is 14.4 Å². The van der Waals surface area contributed by atoms with Gasteiger partial charge < -0.3 is 14.7 Å². The second-order valence-electron chi connectivity index (χ2n) is 6.73. The van der Waals surface area contributed by atoms with Crippen LogP contribution in [-0.4, -0.2) is 71.7 Å². The lowest BCUT2D eigenvalue weighted by molar-refractivity contribution is -0.130. The van der Waals surface area contributed by atoms with E-state index >= 15 is 0 Å². The van der Waals surface area contributed by atoms with E-state index in [0.717, 1.165) is 25.9 Å². The number of benzene rings is 1. The van der Waals surface area contributed by atoms with Gasteiger partial charge >= 0.3 is 0 Å². The monoisotopic (exact) mass is 343 g/mol. The molecule has 0 aromatic heterocycles. The highest BCUT2D eigenvalue weighted by Gasteiger charge is 2.24. The number of carbonyl (C=O) groups is 3. The third-order valence-electron chi connectivity index (χ3n) is 5.01. The van der Waals surface area contributed by atoms with E-state index in [9.17, 15) is 14.4 Å². The van der Waals surface area contributed by atoms with Crippen LogP contribution >= 0.6 is 0 Å². The van der Waals surface area contributed by atoms with E-state index in [-0.39, 0.29) is 17.7 Å². The lowest BCUT2D eigenvalue weighted by atomic mass is 10.1. The van der Waals surface area contributed by atoms with Crippen molar-refractivity contribution in [2.24, 2.45) is 0 Å². The number of rotatable bonds is 2. The topological polar surface area (TPSA) is 60.9 Å². The Bertz CT molecular complexity index is 660. The average Bonchev–Trinajstić information content (AvgIpc) is 2.67. The highest BCUT2D eigenvalue weighted by Crippen LogP contribution is 2.16. The number of hydrogen-bond acceptors (Lipinski definition) is 3. The summed E-state index contributed by atoms with van der Waals surface area (Å²) >= 11 is 0. The van der Waals surface area contributed by atoms with E-state index in [4.69, 9.17) is 0 Å². The van der Waals surface area contributed by atoms with Gasteiger partial charge in [-0.2, -0.15) is 0 Å². The summed E-state index contributed by atoms with van der Waals surface area (Å²) in [7, 11) is 0. The summed E-state index contributed by atoms with van der Waals surface area (Å²) in [6.45, 7) is 5.33. The molecule has 0 unspecified atom stereocenters. The van der Waals surface area contributed by atoms with Gasteiger partial charge in [-0.15, -0.1) is 0 Å². The van der Waals surface area contributed by atoms with Crippen molar-refractivity contribution >= 4 is 17.7 Å². The zero-order valence-corrected chi connectivity index (χ0v) is 14.7. The Labute approximate surface area is 148 Å². The summed E-state index contributed by atoms with van der Waals surface area (Å²) in [6.07, 6.45) is 3.27. The molecule has 2 heterocycles. The molecule has 134 valence electrons. The van der Waals surface area contributed by atoms with Crippen LogP contribution in [0.2, 0.25) is 0 Å². The molecule has 1 aromatic rings. The van der Waals surface area contributed by atoms with Crippen LogP contribution in [0.4, 0.5) is 0 Å². The van der Waals surface area contributed by atoms with Crippen LogP contribution in [0.15, 0.2) is 24.3 Å². The summed E-state index contributed by atoms with van der Waals surface area (Å²) in [5, 5.41) is 0. The molecule has 6 heteroatoms. The second-order valence-corrected chi connectivity index (χ2v) is 6.73. The van der Waals surface area contributed by atoms with Crippen LogP contribution in [0.3, 0.4) is 0 Å². The number of carbonyl (C=O) groups excluding carboxylic acids is 3. The minimum atomic E-state index is -0.0727. The first-order valence-electron chi connectivity index (χ1n) is 9.00. The van der Waals surface area contributed by atoms with Crippen LogP contribution in [0, 0.1) is 0 Å². The zero-order chi connectivity index (χ0) is 17.8. The van der Waals surface area contributed by atoms with Crippen LogP contribution in [0.5, 0.6) is 0 Å². The predicted octanol–water partition coefficient (Wildman–Crippen LogP) is 1.62. The molecule has 0 spiro atoms. The van der Waals surface area contributed by atoms with Gasteiger partial charge in [-0.25, -0.2) is 0 Å². The molecule has 0 atom stereocenters. The molecule has 2 aliphatic rings. The number of piperazine rings is 1. The minimum absolute atomic E-state index is 0.00995. The normalized spacial score (nSPS) is 18.2. The molecule has 3 rings (SSSR count). The highest BCUT2D eigenvalue weighted by molar-refractivity contribution is 5.99. The van der Waals surface area contributed by atoms with Crippen molar-refractivity contribution in [1.82, 2.24) is 14.7 Å². The third-order valence-corrected chi connectivity index (χ3v) is 5.01. The first kappa shape index (κ1) is 17.5. The van der Waals surface area contributed by atoms with Gasteiger partial charge in [0.1, 0.15) is 0 Å². The molecule has 25 heavy (non-hydrogen) atoms. The Balaban J connectivity index is 1.67. The standard InChI is InChI=1S/C19H25N3O3/c1-15(23)20-10-12-22(13-11-20)19(25)17-7-5-6-16(14-17)18(24)21-8-3-2-4-9-21/h5-7,14H,2-4,8-13H2,1H3. The van der Waals surface area contributed by atoms with Crippen molar-refractivity contribution in [2.75, 3.05) is 39.3 Å². The summed E-state index contributed by atoms with van der Waals surface area (Å²) in [5.41, 5.74) is 1.12. The first-order valence-corrected chi connectivity index (χ1v) is 9.00. The molecular formula is C19H25N3O3. The molecule has 0 saturated carbocycles. The van der Waals surface area contributed by atoms with Crippen molar-refractivity contribution in [3.05, 3.63) is 35.4 Å². The molecule has 0 N–H and O–H groups in total. The number of amides is 3. The Morgan fingerprint density at radius 3 is 1.72 bits per heavy atom. The van der Waals surface area contributed by atoms with Crippen LogP contribution < -0.4 is 0 Å². The van der Waals surface area contributed by atoms with Gasteiger partial charge in [-0.05, 0) is 37.5 Å². The SMILES string of the molecule is CC(=O)N1CCN(C(=O)c2cccc(C(=O)N3CCCCC3)c2)CC1. The maximum Gasteiger partial charge on any atom is 0.253 e. The molecule has 3 amide bonds. The van der Waals surface area contributed by atoms with Gasteiger partial charge in [0.25, 0.3) is 11.8 Å². The Morgan fingerprint density at radius 1 is 0.720 bits per heavy atom. The van der Waals surface area contributed by atoms with Crippen molar-refractivity contribution in [2.45, 2.75) is 26.2 Å². The van der Waals surface area contributed by atoms with Gasteiger partial charge in [0.15, 0.2) is 0 Å². The summed E-state index contributed by atoms with van der Waals surface area (Å²) in [5.74, 6) is -0.0199. The van der Waals surface area contributed by atoms with E-state index in [0.29, 0.717) is 37.3 Å². The molecule has 2 fully saturated rings. The van der Waals surface area contributed by atoms with E-state index in [1.54, 1.807) is 41.0 Å². The minimum Gasteiger partial charge on any atom is -0.339 e. The number of nitrogens with zero attached hydrogens (tertiary/aromatic N) is 3. The van der Waals surface area contributed by atoms with Gasteiger partial charge in [0.05, 0.1) is 0 Å². The molecule has 0 aliphatic carbocycles. The molecule has 0 bridgehead atoms. The van der Waals surface area contributed by atoms with Crippen molar-refractivity contribution in [3.8, 4) is 0 Å². The largest absolute Gasteiger partial charge is 0.339 e. The van der Waals surface area contributed by atoms with E-state index < -0.39 is 0 Å². The Morgan fingerprint density at radius 2 is 1.20 bits per heavy atom. The molecular weight excluding hydrogens is 318 g/mol. The van der Waals surface area contributed by atoms with E-state index in [1.165, 1.54) is 6.42 Å². The number of hydrogen-bond donors (Lipinski definition) is 0. The quantitative estimate of drug-likeness (QED) is 0.820. The van der Waals surface area contributed by atoms with Crippen molar-refractivity contribution in [3.63, 3.8) is 0 Å². The predicted molar refractivity (Wildman–Crippen MR) is 94.4 cm³/mol. The first-order chi connectivity index (χ1) is 12.1. The Hall–Kier alpha value is -2.37. The van der Waals surface area contributed by atoms with E-state index in [1.807, 2.05) is 4.90 Å². The molecule has 6 nitrogen and oxygen atoms in total. The third kappa shape index (κ3) is 4.00. The van der Waals surface area contributed by atoms with Crippen LogP contribution in [-0.2, 0) is 4.79 Å². The maximum atomic E-state index is 12.7. The number of likely N-dealkylation sites (tertiary alicyclic amines) is 1. The average molecular weight is 343 g/mol. The maximum absolute atomic E-state index is 12.7. The smallest absolute Gasteiger partial charge is 0.253 e. The lowest BCUT2D eigenvalue weighted by Crippen LogP contribution is -2.50. The van der Waals surface area contributed by atoms with E-state index in [2.05, 4.69) is 0 Å². The van der Waals surface area contributed by atoms with Crippen LogP contribution in [0.1, 0.15) is 46.9 Å². The van der Waals surface area contributed by atoms with Gasteiger partial charge in [0, 0.05) is 57.3 Å². The fraction of sp³-hybridized carbons (Fsp3) is 0.526. The zero-order valence-electron chi connectivity index (χ0n) is 14.7. The molecule has 2 aliphatic heterocycles. The van der Waals surface area contributed by atoms with Gasteiger partial charge in [0.2, 0.25) is 5.91 Å². The second kappa shape index (κ2) is 7.68. The molecule has 1 aromatic carbocycles. The Kier molecular flexibility index (Phi) is 5.36. The molecule has 0 radical (unpaired) electrons. The fourth-order valence-corrected chi connectivity index (χ4v) is 3.47. The highest BCUT2D eigenvalue weighted by atomic mass is 16.2. The summed E-state index contributed by atoms with van der Waals surface area (Å²) in [4.78, 5) is 42.1. The van der Waals surface area contributed by atoms with Crippen LogP contribution in [0.25, 0.3) is 0 Å². The van der Waals surface area contributed by atoms with Gasteiger partial charge in [-0.3, -0.25) is 14.4 Å². The summed E-state index contributed by atoms with van der Waals surface area (Å²) in [6, 6.07) is 7.01. The molecule has 2 saturated heterocycles.